The first-order valence-corrected chi connectivity index (χ1v) is 7.39. The van der Waals surface area contributed by atoms with E-state index in [0.717, 1.165) is 22.4 Å². The number of carboxylic acid groups (broad SMARTS) is 1. The Morgan fingerprint density at radius 3 is 2.95 bits per heavy atom. The van der Waals surface area contributed by atoms with Gasteiger partial charge in [-0.05, 0) is 36.8 Å². The summed E-state index contributed by atoms with van der Waals surface area (Å²) in [7, 11) is 0. The van der Waals surface area contributed by atoms with Crippen LogP contribution < -0.4 is 0 Å². The quantitative estimate of drug-likeness (QED) is 0.750. The maximum atomic E-state index is 10.8. The van der Waals surface area contributed by atoms with Crippen LogP contribution >= 0.6 is 11.8 Å². The number of benzene rings is 1. The van der Waals surface area contributed by atoms with E-state index >= 15 is 0 Å². The molecule has 3 aromatic rings. The van der Waals surface area contributed by atoms with Gasteiger partial charge in [0.05, 0.1) is 5.75 Å². The van der Waals surface area contributed by atoms with Gasteiger partial charge in [0.2, 0.25) is 0 Å². The zero-order valence-electron chi connectivity index (χ0n) is 11.4. The van der Waals surface area contributed by atoms with Crippen molar-refractivity contribution < 1.29 is 9.90 Å². The van der Waals surface area contributed by atoms with Crippen molar-refractivity contribution in [1.82, 2.24) is 14.5 Å². The molecule has 2 aromatic heterocycles. The van der Waals surface area contributed by atoms with Crippen LogP contribution in [0.15, 0.2) is 47.8 Å². The second kappa shape index (κ2) is 5.57. The monoisotopic (exact) mass is 299 g/mol. The molecule has 0 bridgehead atoms. The molecule has 0 spiro atoms. The number of carboxylic acids is 1. The fourth-order valence-corrected chi connectivity index (χ4v) is 2.85. The van der Waals surface area contributed by atoms with Crippen molar-refractivity contribution in [3.8, 4) is 5.69 Å². The summed E-state index contributed by atoms with van der Waals surface area (Å²) in [5, 5.41) is 9.52. The number of aromatic nitrogens is 3. The van der Waals surface area contributed by atoms with Crippen molar-refractivity contribution in [2.45, 2.75) is 12.1 Å². The van der Waals surface area contributed by atoms with Crippen LogP contribution in [0.1, 0.15) is 5.56 Å². The highest BCUT2D eigenvalue weighted by molar-refractivity contribution is 7.99. The van der Waals surface area contributed by atoms with E-state index in [9.17, 15) is 4.79 Å². The molecule has 0 aliphatic heterocycles. The molecule has 0 aliphatic carbocycles. The average molecular weight is 299 g/mol. The van der Waals surface area contributed by atoms with Gasteiger partial charge in [-0.2, -0.15) is 0 Å². The van der Waals surface area contributed by atoms with Gasteiger partial charge in [-0.1, -0.05) is 23.9 Å². The van der Waals surface area contributed by atoms with Gasteiger partial charge in [-0.3, -0.25) is 9.36 Å². The summed E-state index contributed by atoms with van der Waals surface area (Å²) in [6, 6.07) is 11.7. The Hall–Kier alpha value is -2.34. The van der Waals surface area contributed by atoms with Gasteiger partial charge in [-0.25, -0.2) is 9.97 Å². The number of thioether (sulfide) groups is 1. The largest absolute Gasteiger partial charge is 0.481 e. The van der Waals surface area contributed by atoms with E-state index in [2.05, 4.69) is 9.97 Å². The topological polar surface area (TPSA) is 68.0 Å². The van der Waals surface area contributed by atoms with E-state index in [1.54, 1.807) is 6.20 Å². The van der Waals surface area contributed by atoms with Crippen molar-refractivity contribution in [3.63, 3.8) is 0 Å². The number of aryl methyl sites for hydroxylation is 1. The molecule has 2 heterocycles. The highest BCUT2D eigenvalue weighted by atomic mass is 32.2. The Morgan fingerprint density at radius 1 is 1.33 bits per heavy atom. The molecule has 1 aromatic carbocycles. The zero-order chi connectivity index (χ0) is 14.8. The second-order valence-corrected chi connectivity index (χ2v) is 5.54. The SMILES string of the molecule is Cc1cccc(-n2c(SCC(=O)O)nc3cccnc32)c1. The van der Waals surface area contributed by atoms with Crippen LogP contribution in [0.2, 0.25) is 0 Å². The summed E-state index contributed by atoms with van der Waals surface area (Å²) in [6.45, 7) is 2.01. The van der Waals surface area contributed by atoms with Gasteiger partial charge in [0, 0.05) is 11.9 Å². The summed E-state index contributed by atoms with van der Waals surface area (Å²) in [6.07, 6.45) is 1.71. The molecule has 0 aliphatic rings. The Labute approximate surface area is 125 Å². The van der Waals surface area contributed by atoms with E-state index in [1.807, 2.05) is 47.9 Å². The molecule has 3 rings (SSSR count). The minimum atomic E-state index is -0.865. The molecule has 0 radical (unpaired) electrons. The van der Waals surface area contributed by atoms with Crippen LogP contribution in [0.4, 0.5) is 0 Å². The van der Waals surface area contributed by atoms with E-state index in [1.165, 1.54) is 11.8 Å². The maximum absolute atomic E-state index is 10.8. The number of rotatable bonds is 4. The number of nitrogens with zero attached hydrogens (tertiary/aromatic N) is 3. The summed E-state index contributed by atoms with van der Waals surface area (Å²) < 4.78 is 1.90. The highest BCUT2D eigenvalue weighted by Crippen LogP contribution is 2.27. The molecular formula is C15H13N3O2S. The van der Waals surface area contributed by atoms with Crippen LogP contribution in [-0.2, 0) is 4.79 Å². The number of fused-ring (bicyclic) bond motifs is 1. The fourth-order valence-electron chi connectivity index (χ4n) is 2.11. The Kier molecular flexibility index (Phi) is 3.62. The standard InChI is InChI=1S/C15H13N3O2S/c1-10-4-2-5-11(8-10)18-14-12(6-3-7-16-14)17-15(18)21-9-13(19)20/h2-8H,9H2,1H3,(H,19,20). The Balaban J connectivity index is 2.17. The number of hydrogen-bond donors (Lipinski definition) is 1. The lowest BCUT2D eigenvalue weighted by molar-refractivity contribution is -0.133. The zero-order valence-corrected chi connectivity index (χ0v) is 12.2. The van der Waals surface area contributed by atoms with Gasteiger partial charge in [0.25, 0.3) is 0 Å². The minimum Gasteiger partial charge on any atom is -0.481 e. The smallest absolute Gasteiger partial charge is 0.313 e. The lowest BCUT2D eigenvalue weighted by atomic mass is 10.2. The van der Waals surface area contributed by atoms with Gasteiger partial charge >= 0.3 is 5.97 Å². The molecule has 0 amide bonds. The average Bonchev–Trinajstić information content (AvgIpc) is 2.83. The van der Waals surface area contributed by atoms with Crippen molar-refractivity contribution in [2.24, 2.45) is 0 Å². The number of pyridine rings is 1. The molecule has 0 saturated carbocycles. The molecule has 106 valence electrons. The van der Waals surface area contributed by atoms with Crippen molar-refractivity contribution in [3.05, 3.63) is 48.2 Å². The second-order valence-electron chi connectivity index (χ2n) is 4.60. The number of imidazole rings is 1. The third-order valence-electron chi connectivity index (χ3n) is 2.97. The van der Waals surface area contributed by atoms with E-state index in [0.29, 0.717) is 5.16 Å². The van der Waals surface area contributed by atoms with Crippen LogP contribution in [0.3, 0.4) is 0 Å². The summed E-state index contributed by atoms with van der Waals surface area (Å²) in [4.78, 5) is 19.7. The van der Waals surface area contributed by atoms with Crippen LogP contribution in [-0.4, -0.2) is 31.4 Å². The molecule has 0 fully saturated rings. The minimum absolute atomic E-state index is 0.0326. The Bertz CT molecular complexity index is 814. The van der Waals surface area contributed by atoms with E-state index in [-0.39, 0.29) is 5.75 Å². The maximum Gasteiger partial charge on any atom is 0.313 e. The molecule has 0 atom stereocenters. The van der Waals surface area contributed by atoms with Crippen molar-refractivity contribution in [1.29, 1.82) is 0 Å². The van der Waals surface area contributed by atoms with E-state index < -0.39 is 5.97 Å². The normalized spacial score (nSPS) is 10.9. The third-order valence-corrected chi connectivity index (χ3v) is 3.89. The Morgan fingerprint density at radius 2 is 2.19 bits per heavy atom. The summed E-state index contributed by atoms with van der Waals surface area (Å²) >= 11 is 1.19. The molecular weight excluding hydrogens is 286 g/mol. The van der Waals surface area contributed by atoms with Crippen LogP contribution in [0, 0.1) is 6.92 Å². The van der Waals surface area contributed by atoms with Gasteiger partial charge < -0.3 is 5.11 Å². The summed E-state index contributed by atoms with van der Waals surface area (Å²) in [5.74, 6) is -0.898. The predicted octanol–water partition coefficient (Wildman–Crippen LogP) is 2.91. The highest BCUT2D eigenvalue weighted by Gasteiger charge is 2.15. The van der Waals surface area contributed by atoms with Crippen LogP contribution in [0.5, 0.6) is 0 Å². The molecule has 5 nitrogen and oxygen atoms in total. The molecule has 0 unspecified atom stereocenters. The van der Waals surface area contributed by atoms with Crippen molar-refractivity contribution in [2.75, 3.05) is 5.75 Å². The molecule has 1 N–H and O–H groups in total. The van der Waals surface area contributed by atoms with Crippen LogP contribution in [0.25, 0.3) is 16.9 Å². The first-order valence-electron chi connectivity index (χ1n) is 6.40. The fraction of sp³-hybridized carbons (Fsp3) is 0.133. The number of aliphatic carboxylic acids is 1. The lowest BCUT2D eigenvalue weighted by Crippen LogP contribution is -2.02. The molecule has 6 heteroatoms. The first-order chi connectivity index (χ1) is 10.1. The first kappa shape index (κ1) is 13.6. The number of hydrogen-bond acceptors (Lipinski definition) is 4. The third kappa shape index (κ3) is 2.75. The van der Waals surface area contributed by atoms with Gasteiger partial charge in [0.15, 0.2) is 10.8 Å². The van der Waals surface area contributed by atoms with E-state index in [4.69, 9.17) is 5.11 Å². The molecule has 21 heavy (non-hydrogen) atoms. The summed E-state index contributed by atoms with van der Waals surface area (Å²) in [5.41, 5.74) is 3.55. The lowest BCUT2D eigenvalue weighted by Gasteiger charge is -2.08. The molecule has 0 saturated heterocycles. The van der Waals surface area contributed by atoms with Gasteiger partial charge in [-0.15, -0.1) is 0 Å². The van der Waals surface area contributed by atoms with Crippen molar-refractivity contribution >= 4 is 28.9 Å². The predicted molar refractivity (Wildman–Crippen MR) is 82.0 cm³/mol. The van der Waals surface area contributed by atoms with Gasteiger partial charge in [0.1, 0.15) is 5.52 Å². The number of carbonyl (C=O) groups is 1.